The van der Waals surface area contributed by atoms with Gasteiger partial charge in [0.1, 0.15) is 0 Å². The Labute approximate surface area is 125 Å². The average Bonchev–Trinajstić information content (AvgIpc) is 2.47. The lowest BCUT2D eigenvalue weighted by molar-refractivity contribution is 0.0945. The molecular formula is C15H20N2O3S. The Morgan fingerprint density at radius 2 is 2.10 bits per heavy atom. The number of hydrogen-bond acceptors (Lipinski definition) is 3. The smallest absolute Gasteiger partial charge is 0.251 e. The Bertz CT molecular complexity index is 669. The molecule has 1 N–H and O–H groups in total. The predicted molar refractivity (Wildman–Crippen MR) is 79.7 cm³/mol. The van der Waals surface area contributed by atoms with E-state index in [2.05, 4.69) is 5.32 Å². The van der Waals surface area contributed by atoms with Gasteiger partial charge in [0.15, 0.2) is 0 Å². The summed E-state index contributed by atoms with van der Waals surface area (Å²) in [4.78, 5) is 12.1. The highest BCUT2D eigenvalue weighted by atomic mass is 32.2. The van der Waals surface area contributed by atoms with Gasteiger partial charge in [-0.15, -0.1) is 0 Å². The number of nitrogens with one attached hydrogen (secondary N) is 1. The SMILES string of the molecule is C[C@@H]1CCCCN1S(=O)(=O)c1ccc2c(c1)C(=O)NCC2. The zero-order valence-electron chi connectivity index (χ0n) is 12.1. The first-order valence-corrected chi connectivity index (χ1v) is 8.87. The third-order valence-electron chi connectivity index (χ3n) is 4.35. The Kier molecular flexibility index (Phi) is 3.75. The first-order valence-electron chi connectivity index (χ1n) is 7.43. The van der Waals surface area contributed by atoms with E-state index in [4.69, 9.17) is 0 Å². The summed E-state index contributed by atoms with van der Waals surface area (Å²) in [5.41, 5.74) is 1.41. The van der Waals surface area contributed by atoms with Crippen molar-refractivity contribution in [3.05, 3.63) is 29.3 Å². The van der Waals surface area contributed by atoms with Crippen molar-refractivity contribution in [2.75, 3.05) is 13.1 Å². The molecule has 0 spiro atoms. The van der Waals surface area contributed by atoms with Gasteiger partial charge in [-0.3, -0.25) is 4.79 Å². The van der Waals surface area contributed by atoms with E-state index in [1.165, 1.54) is 6.07 Å². The maximum absolute atomic E-state index is 12.8. The lowest BCUT2D eigenvalue weighted by Gasteiger charge is -2.32. The van der Waals surface area contributed by atoms with Crippen molar-refractivity contribution in [2.45, 2.75) is 43.5 Å². The number of amides is 1. The molecule has 0 aliphatic carbocycles. The molecule has 1 fully saturated rings. The van der Waals surface area contributed by atoms with Gasteiger partial charge >= 0.3 is 0 Å². The Morgan fingerprint density at radius 3 is 2.86 bits per heavy atom. The minimum absolute atomic E-state index is 0.0219. The van der Waals surface area contributed by atoms with E-state index >= 15 is 0 Å². The number of carbonyl (C=O) groups is 1. The second kappa shape index (κ2) is 5.42. The summed E-state index contributed by atoms with van der Waals surface area (Å²) in [6, 6.07) is 4.96. The lowest BCUT2D eigenvalue weighted by atomic mass is 10.0. The van der Waals surface area contributed by atoms with E-state index in [0.717, 1.165) is 31.2 Å². The van der Waals surface area contributed by atoms with E-state index in [9.17, 15) is 13.2 Å². The van der Waals surface area contributed by atoms with Crippen molar-refractivity contribution >= 4 is 15.9 Å². The fourth-order valence-electron chi connectivity index (χ4n) is 3.12. The molecule has 2 aliphatic heterocycles. The van der Waals surface area contributed by atoms with Crippen LogP contribution in [0.15, 0.2) is 23.1 Å². The first kappa shape index (κ1) is 14.5. The average molecular weight is 308 g/mol. The largest absolute Gasteiger partial charge is 0.352 e. The van der Waals surface area contributed by atoms with Crippen LogP contribution in [0.5, 0.6) is 0 Å². The standard InChI is InChI=1S/C15H20N2O3S/c1-11-4-2-3-9-17(11)21(19,20)13-6-5-12-7-8-16-15(18)14(12)10-13/h5-6,10-11H,2-4,7-9H2,1H3,(H,16,18)/t11-/m1/s1. The number of hydrogen-bond donors (Lipinski definition) is 1. The number of sulfonamides is 1. The third-order valence-corrected chi connectivity index (χ3v) is 6.36. The summed E-state index contributed by atoms with van der Waals surface area (Å²) >= 11 is 0. The second-order valence-electron chi connectivity index (χ2n) is 5.79. The summed E-state index contributed by atoms with van der Waals surface area (Å²) in [6.45, 7) is 3.12. The number of fused-ring (bicyclic) bond motifs is 1. The number of carbonyl (C=O) groups excluding carboxylic acids is 1. The topological polar surface area (TPSA) is 66.5 Å². The normalized spacial score (nSPS) is 23.5. The molecule has 0 saturated carbocycles. The van der Waals surface area contributed by atoms with E-state index < -0.39 is 10.0 Å². The van der Waals surface area contributed by atoms with E-state index in [1.807, 2.05) is 6.92 Å². The fraction of sp³-hybridized carbons (Fsp3) is 0.533. The quantitative estimate of drug-likeness (QED) is 0.901. The van der Waals surface area contributed by atoms with E-state index in [0.29, 0.717) is 18.7 Å². The van der Waals surface area contributed by atoms with E-state index in [-0.39, 0.29) is 16.8 Å². The summed E-state index contributed by atoms with van der Waals surface area (Å²) in [6.07, 6.45) is 3.61. The van der Waals surface area contributed by atoms with Crippen molar-refractivity contribution in [1.29, 1.82) is 0 Å². The van der Waals surface area contributed by atoms with Crippen molar-refractivity contribution in [1.82, 2.24) is 9.62 Å². The maximum Gasteiger partial charge on any atom is 0.251 e. The zero-order chi connectivity index (χ0) is 15.0. The molecular weight excluding hydrogens is 288 g/mol. The van der Waals surface area contributed by atoms with Crippen molar-refractivity contribution in [2.24, 2.45) is 0 Å². The van der Waals surface area contributed by atoms with Crippen LogP contribution in [0.3, 0.4) is 0 Å². The van der Waals surface area contributed by atoms with Crippen molar-refractivity contribution in [3.63, 3.8) is 0 Å². The Morgan fingerprint density at radius 1 is 1.29 bits per heavy atom. The van der Waals surface area contributed by atoms with Crippen LogP contribution in [0, 0.1) is 0 Å². The Hall–Kier alpha value is -1.40. The van der Waals surface area contributed by atoms with Crippen LogP contribution in [-0.2, 0) is 16.4 Å². The molecule has 3 rings (SSSR count). The van der Waals surface area contributed by atoms with Crippen LogP contribution in [0.2, 0.25) is 0 Å². The zero-order valence-corrected chi connectivity index (χ0v) is 12.9. The summed E-state index contributed by atoms with van der Waals surface area (Å²) < 4.78 is 27.1. The van der Waals surface area contributed by atoms with Crippen LogP contribution in [0.4, 0.5) is 0 Å². The fourth-order valence-corrected chi connectivity index (χ4v) is 4.84. The molecule has 0 aromatic heterocycles. The van der Waals surface area contributed by atoms with Gasteiger partial charge in [0.25, 0.3) is 5.91 Å². The molecule has 1 aromatic carbocycles. The second-order valence-corrected chi connectivity index (χ2v) is 7.68. The van der Waals surface area contributed by atoms with Gasteiger partial charge in [-0.2, -0.15) is 4.31 Å². The van der Waals surface area contributed by atoms with Gasteiger partial charge in [-0.1, -0.05) is 12.5 Å². The first-order chi connectivity index (χ1) is 10.00. The molecule has 2 aliphatic rings. The molecule has 2 heterocycles. The summed E-state index contributed by atoms with van der Waals surface area (Å²) in [5.74, 6) is -0.181. The summed E-state index contributed by atoms with van der Waals surface area (Å²) in [7, 11) is -3.51. The van der Waals surface area contributed by atoms with Gasteiger partial charge < -0.3 is 5.32 Å². The van der Waals surface area contributed by atoms with Crippen LogP contribution in [-0.4, -0.2) is 37.8 Å². The van der Waals surface area contributed by atoms with Crippen LogP contribution >= 0.6 is 0 Å². The molecule has 1 atom stereocenters. The molecule has 1 saturated heterocycles. The van der Waals surface area contributed by atoms with Gasteiger partial charge in [0.05, 0.1) is 4.90 Å². The third kappa shape index (κ3) is 2.58. The highest BCUT2D eigenvalue weighted by Gasteiger charge is 2.32. The summed E-state index contributed by atoms with van der Waals surface area (Å²) in [5, 5.41) is 2.76. The molecule has 1 aromatic rings. The molecule has 0 unspecified atom stereocenters. The molecule has 5 nitrogen and oxygen atoms in total. The monoisotopic (exact) mass is 308 g/mol. The number of rotatable bonds is 2. The minimum atomic E-state index is -3.51. The van der Waals surface area contributed by atoms with Crippen molar-refractivity contribution in [3.8, 4) is 0 Å². The number of benzene rings is 1. The molecule has 0 bridgehead atoms. The predicted octanol–water partition coefficient (Wildman–Crippen LogP) is 1.54. The molecule has 6 heteroatoms. The van der Waals surface area contributed by atoms with Gasteiger partial charge in [-0.05, 0) is 43.9 Å². The highest BCUT2D eigenvalue weighted by Crippen LogP contribution is 2.27. The van der Waals surface area contributed by atoms with Crippen molar-refractivity contribution < 1.29 is 13.2 Å². The Balaban J connectivity index is 1.99. The van der Waals surface area contributed by atoms with Gasteiger partial charge in [-0.25, -0.2) is 8.42 Å². The molecule has 21 heavy (non-hydrogen) atoms. The van der Waals surface area contributed by atoms with Gasteiger partial charge in [0.2, 0.25) is 10.0 Å². The minimum Gasteiger partial charge on any atom is -0.352 e. The maximum atomic E-state index is 12.8. The van der Waals surface area contributed by atoms with Crippen LogP contribution in [0.1, 0.15) is 42.1 Å². The van der Waals surface area contributed by atoms with Gasteiger partial charge in [0, 0.05) is 24.7 Å². The molecule has 0 radical (unpaired) electrons. The van der Waals surface area contributed by atoms with E-state index in [1.54, 1.807) is 16.4 Å². The number of piperidine rings is 1. The lowest BCUT2D eigenvalue weighted by Crippen LogP contribution is -2.42. The van der Waals surface area contributed by atoms with Crippen LogP contribution < -0.4 is 5.32 Å². The molecule has 1 amide bonds. The van der Waals surface area contributed by atoms with Crippen LogP contribution in [0.25, 0.3) is 0 Å². The number of nitrogens with zero attached hydrogens (tertiary/aromatic N) is 1. The highest BCUT2D eigenvalue weighted by molar-refractivity contribution is 7.89. The molecule has 114 valence electrons.